The lowest BCUT2D eigenvalue weighted by atomic mass is 10.0. The van der Waals surface area contributed by atoms with Crippen LogP contribution < -0.4 is 0 Å². The largest absolute Gasteiger partial charge is 0.294 e. The lowest BCUT2D eigenvalue weighted by Gasteiger charge is -2.28. The van der Waals surface area contributed by atoms with Crippen LogP contribution in [0.2, 0.25) is 0 Å². The molecule has 0 bridgehead atoms. The van der Waals surface area contributed by atoms with Gasteiger partial charge in [0.05, 0.1) is 11.4 Å². The van der Waals surface area contributed by atoms with Crippen LogP contribution in [0.1, 0.15) is 41.9 Å². The Kier molecular flexibility index (Phi) is 4.72. The predicted octanol–water partition coefficient (Wildman–Crippen LogP) is 3.77. The van der Waals surface area contributed by atoms with Gasteiger partial charge in [-0.2, -0.15) is 0 Å². The summed E-state index contributed by atoms with van der Waals surface area (Å²) in [5, 5.41) is 0. The normalized spacial score (nSPS) is 18.1. The van der Waals surface area contributed by atoms with E-state index >= 15 is 0 Å². The zero-order valence-electron chi connectivity index (χ0n) is 13.7. The summed E-state index contributed by atoms with van der Waals surface area (Å²) in [5.41, 5.74) is 4.89. The van der Waals surface area contributed by atoms with E-state index in [1.165, 1.54) is 34.1 Å². The van der Waals surface area contributed by atoms with Crippen molar-refractivity contribution < 1.29 is 0 Å². The third kappa shape index (κ3) is 3.42. The highest BCUT2D eigenvalue weighted by atomic mass is 79.9. The van der Waals surface area contributed by atoms with Gasteiger partial charge in [-0.25, -0.2) is 9.97 Å². The first-order chi connectivity index (χ1) is 11.8. The van der Waals surface area contributed by atoms with E-state index in [0.29, 0.717) is 0 Å². The van der Waals surface area contributed by atoms with Gasteiger partial charge < -0.3 is 0 Å². The van der Waals surface area contributed by atoms with Gasteiger partial charge in [-0.05, 0) is 30.9 Å². The molecule has 0 fully saturated rings. The molecule has 3 heterocycles. The van der Waals surface area contributed by atoms with Crippen molar-refractivity contribution >= 4 is 21.6 Å². The molecule has 0 radical (unpaired) electrons. The highest BCUT2D eigenvalue weighted by molar-refractivity contribution is 9.10. The zero-order valence-corrected chi connectivity index (χ0v) is 15.3. The first-order valence-corrected chi connectivity index (χ1v) is 9.43. The van der Waals surface area contributed by atoms with Crippen molar-refractivity contribution in [2.45, 2.75) is 38.8 Å². The number of fused-ring (bicyclic) bond motifs is 1. The molecular weight excluding hydrogens is 364 g/mol. The first kappa shape index (κ1) is 15.9. The summed E-state index contributed by atoms with van der Waals surface area (Å²) >= 11 is 3.64. The van der Waals surface area contributed by atoms with Crippen molar-refractivity contribution in [3.05, 3.63) is 57.6 Å². The summed E-state index contributed by atoms with van der Waals surface area (Å²) in [4.78, 5) is 16.5. The number of rotatable bonds is 3. The van der Waals surface area contributed by atoms with Crippen LogP contribution in [-0.2, 0) is 19.5 Å². The minimum absolute atomic E-state index is 0.854. The second kappa shape index (κ2) is 7.11. The maximum absolute atomic E-state index is 4.82. The van der Waals surface area contributed by atoms with E-state index in [9.17, 15) is 0 Å². The van der Waals surface area contributed by atoms with Crippen molar-refractivity contribution in [3.63, 3.8) is 0 Å². The van der Waals surface area contributed by atoms with Crippen LogP contribution in [0.4, 0.5) is 0 Å². The Hall–Kier alpha value is -1.59. The topological polar surface area (TPSA) is 41.4 Å². The van der Waals surface area contributed by atoms with E-state index in [1.807, 2.05) is 6.20 Å². The van der Waals surface area contributed by atoms with Crippen LogP contribution in [0.3, 0.4) is 0 Å². The summed E-state index contributed by atoms with van der Waals surface area (Å²) in [7, 11) is 0. The van der Waals surface area contributed by atoms with Crippen LogP contribution in [0.15, 0.2) is 39.9 Å². The quantitative estimate of drug-likeness (QED) is 0.808. The molecule has 1 aromatic heterocycles. The molecule has 2 aliphatic rings. The fourth-order valence-electron chi connectivity index (χ4n) is 3.40. The van der Waals surface area contributed by atoms with Crippen LogP contribution in [-0.4, -0.2) is 33.7 Å². The van der Waals surface area contributed by atoms with Gasteiger partial charge in [-0.1, -0.05) is 34.1 Å². The fraction of sp³-hybridized carbons (Fsp3) is 0.421. The number of aromatic nitrogens is 2. The van der Waals surface area contributed by atoms with Gasteiger partial charge >= 0.3 is 0 Å². The Morgan fingerprint density at radius 1 is 1.12 bits per heavy atom. The van der Waals surface area contributed by atoms with Gasteiger partial charge in [0.1, 0.15) is 0 Å². The van der Waals surface area contributed by atoms with Gasteiger partial charge in [0.2, 0.25) is 0 Å². The average Bonchev–Trinajstić information content (AvgIpc) is 2.64. The Morgan fingerprint density at radius 2 is 2.04 bits per heavy atom. The van der Waals surface area contributed by atoms with E-state index in [2.05, 4.69) is 55.1 Å². The Balaban J connectivity index is 1.49. The van der Waals surface area contributed by atoms with Crippen LogP contribution in [0.25, 0.3) is 0 Å². The van der Waals surface area contributed by atoms with E-state index in [4.69, 9.17) is 4.98 Å². The van der Waals surface area contributed by atoms with Gasteiger partial charge in [-0.3, -0.25) is 9.89 Å². The molecule has 124 valence electrons. The lowest BCUT2D eigenvalue weighted by Crippen LogP contribution is -2.31. The fourth-order valence-corrected chi connectivity index (χ4v) is 3.81. The van der Waals surface area contributed by atoms with Gasteiger partial charge in [-0.15, -0.1) is 0 Å². The van der Waals surface area contributed by atoms with Crippen LogP contribution >= 0.6 is 15.9 Å². The molecular formula is C19H21BrN4. The predicted molar refractivity (Wildman–Crippen MR) is 99.2 cm³/mol. The van der Waals surface area contributed by atoms with Crippen LogP contribution in [0, 0.1) is 0 Å². The smallest absolute Gasteiger partial charge is 0.173 e. The SMILES string of the molecule is Brc1ccccc1CN1CCc2nc(C3=NCCCC3)ncc2C1. The lowest BCUT2D eigenvalue weighted by molar-refractivity contribution is 0.242. The molecule has 0 unspecified atom stereocenters. The van der Waals surface area contributed by atoms with Crippen molar-refractivity contribution in [1.29, 1.82) is 0 Å². The Labute approximate surface area is 151 Å². The summed E-state index contributed by atoms with van der Waals surface area (Å²) in [6.45, 7) is 3.84. The molecule has 5 heteroatoms. The average molecular weight is 385 g/mol. The van der Waals surface area contributed by atoms with E-state index < -0.39 is 0 Å². The third-order valence-corrected chi connectivity index (χ3v) is 5.52. The Bertz CT molecular complexity index is 772. The molecule has 0 amide bonds. The minimum Gasteiger partial charge on any atom is -0.294 e. The van der Waals surface area contributed by atoms with Crippen LogP contribution in [0.5, 0.6) is 0 Å². The summed E-state index contributed by atoms with van der Waals surface area (Å²) < 4.78 is 1.18. The van der Waals surface area contributed by atoms with Gasteiger partial charge in [0.15, 0.2) is 5.82 Å². The monoisotopic (exact) mass is 384 g/mol. The Morgan fingerprint density at radius 3 is 2.88 bits per heavy atom. The first-order valence-electron chi connectivity index (χ1n) is 8.64. The van der Waals surface area contributed by atoms with E-state index in [0.717, 1.165) is 50.6 Å². The summed E-state index contributed by atoms with van der Waals surface area (Å²) in [6, 6.07) is 8.44. The molecule has 0 saturated heterocycles. The van der Waals surface area contributed by atoms with Crippen molar-refractivity contribution in [1.82, 2.24) is 14.9 Å². The van der Waals surface area contributed by atoms with Crippen molar-refractivity contribution in [2.24, 2.45) is 4.99 Å². The highest BCUT2D eigenvalue weighted by Crippen LogP contribution is 2.23. The minimum atomic E-state index is 0.854. The number of halogens is 1. The highest BCUT2D eigenvalue weighted by Gasteiger charge is 2.20. The van der Waals surface area contributed by atoms with Gasteiger partial charge in [0, 0.05) is 48.8 Å². The van der Waals surface area contributed by atoms with E-state index in [1.54, 1.807) is 0 Å². The third-order valence-electron chi connectivity index (χ3n) is 4.75. The summed E-state index contributed by atoms with van der Waals surface area (Å²) in [5.74, 6) is 0.854. The van der Waals surface area contributed by atoms with Crippen molar-refractivity contribution in [3.8, 4) is 0 Å². The molecule has 0 N–H and O–H groups in total. The number of hydrogen-bond donors (Lipinski definition) is 0. The molecule has 2 aliphatic heterocycles. The van der Waals surface area contributed by atoms with Crippen molar-refractivity contribution in [2.75, 3.05) is 13.1 Å². The number of hydrogen-bond acceptors (Lipinski definition) is 4. The zero-order chi connectivity index (χ0) is 16.4. The molecule has 0 atom stereocenters. The molecule has 4 rings (SSSR count). The standard InChI is InChI=1S/C19H21BrN4/c20-16-6-2-1-5-14(16)12-24-10-8-17-15(13-24)11-22-19(23-17)18-7-3-4-9-21-18/h1-2,5-6,11H,3-4,7-10,12-13H2. The molecule has 0 saturated carbocycles. The number of aliphatic imine (C=N–C) groups is 1. The number of nitrogens with zero attached hydrogens (tertiary/aromatic N) is 4. The number of benzene rings is 1. The molecule has 0 spiro atoms. The summed E-state index contributed by atoms with van der Waals surface area (Å²) in [6.07, 6.45) is 6.42. The molecule has 2 aromatic rings. The van der Waals surface area contributed by atoms with E-state index in [-0.39, 0.29) is 0 Å². The van der Waals surface area contributed by atoms with Gasteiger partial charge in [0.25, 0.3) is 0 Å². The second-order valence-corrected chi connectivity index (χ2v) is 7.36. The maximum Gasteiger partial charge on any atom is 0.173 e. The maximum atomic E-state index is 4.82. The molecule has 1 aromatic carbocycles. The molecule has 4 nitrogen and oxygen atoms in total. The second-order valence-electron chi connectivity index (χ2n) is 6.50. The molecule has 24 heavy (non-hydrogen) atoms. The molecule has 0 aliphatic carbocycles.